The Morgan fingerprint density at radius 1 is 1.09 bits per heavy atom. The maximum Gasteiger partial charge on any atom is 0.258 e. The van der Waals surface area contributed by atoms with Gasteiger partial charge in [-0.15, -0.1) is 0 Å². The molecule has 0 saturated heterocycles. The van der Waals surface area contributed by atoms with E-state index in [0.717, 1.165) is 22.3 Å². The lowest BCUT2D eigenvalue weighted by Crippen LogP contribution is -2.45. The number of fused-ring (bicyclic) bond motifs is 1. The van der Waals surface area contributed by atoms with Crippen LogP contribution < -0.4 is 10.1 Å². The Balaban J connectivity index is 1.55. The topological polar surface area (TPSA) is 71.5 Å². The summed E-state index contributed by atoms with van der Waals surface area (Å²) in [5.41, 5.74) is 3.25. The molecule has 4 rings (SSSR count). The minimum Gasteiger partial charge on any atom is -0.484 e. The third kappa shape index (κ3) is 5.85. The minimum atomic E-state index is -0.559. The van der Waals surface area contributed by atoms with Gasteiger partial charge in [-0.05, 0) is 65.1 Å². The van der Waals surface area contributed by atoms with Crippen molar-refractivity contribution in [3.8, 4) is 5.75 Å². The molecule has 35 heavy (non-hydrogen) atoms. The summed E-state index contributed by atoms with van der Waals surface area (Å²) in [7, 11) is 0. The minimum absolute atomic E-state index is 0.0271. The Labute approximate surface area is 205 Å². The molecule has 0 bridgehead atoms. The van der Waals surface area contributed by atoms with Crippen LogP contribution in [-0.2, 0) is 22.6 Å². The number of ether oxygens (including phenoxy) is 1. The summed E-state index contributed by atoms with van der Waals surface area (Å²) >= 11 is 0. The zero-order chi connectivity index (χ0) is 25.0. The first-order valence-electron chi connectivity index (χ1n) is 11.7. The summed E-state index contributed by atoms with van der Waals surface area (Å²) in [6.45, 7) is 6.54. The van der Waals surface area contributed by atoms with E-state index in [1.807, 2.05) is 56.0 Å². The second-order valence-electron chi connectivity index (χ2n) is 9.73. The van der Waals surface area contributed by atoms with Crippen molar-refractivity contribution in [3.05, 3.63) is 95.1 Å². The number of nitrogens with one attached hydrogen (secondary N) is 1. The molecule has 1 N–H and O–H groups in total. The average Bonchev–Trinajstić information content (AvgIpc) is 2.85. The van der Waals surface area contributed by atoms with Crippen LogP contribution in [0.2, 0.25) is 0 Å². The molecule has 2 aromatic carbocycles. The van der Waals surface area contributed by atoms with Gasteiger partial charge in [-0.2, -0.15) is 0 Å². The molecule has 1 aromatic heterocycles. The number of nitrogens with zero attached hydrogens (tertiary/aromatic N) is 2. The maximum absolute atomic E-state index is 13.7. The van der Waals surface area contributed by atoms with Crippen LogP contribution >= 0.6 is 0 Å². The second-order valence-corrected chi connectivity index (χ2v) is 9.73. The van der Waals surface area contributed by atoms with E-state index in [1.54, 1.807) is 24.5 Å². The molecule has 3 aromatic rings. The standard InChI is InChI=1S/C28H30FN3O3/c1-28(2,3)27(34)32-15-12-20-6-9-23(16-24(20)26(32)21-4-7-22(29)8-5-21)35-18-25(33)31-17-19-10-13-30-14-11-19/h4-11,13-14,16,26H,12,15,17-18H2,1-3H3,(H,31,33). The summed E-state index contributed by atoms with van der Waals surface area (Å²) in [5, 5.41) is 2.83. The molecule has 1 aliphatic rings. The first kappa shape index (κ1) is 24.4. The third-order valence-corrected chi connectivity index (χ3v) is 6.04. The molecule has 0 spiro atoms. The molecule has 0 fully saturated rings. The summed E-state index contributed by atoms with van der Waals surface area (Å²) in [4.78, 5) is 31.5. The van der Waals surface area contributed by atoms with Gasteiger partial charge in [0, 0.05) is 30.9 Å². The molecule has 0 aliphatic carbocycles. The van der Waals surface area contributed by atoms with Crippen molar-refractivity contribution < 1.29 is 18.7 Å². The zero-order valence-electron chi connectivity index (χ0n) is 20.3. The van der Waals surface area contributed by atoms with Gasteiger partial charge in [0.15, 0.2) is 6.61 Å². The predicted molar refractivity (Wildman–Crippen MR) is 131 cm³/mol. The summed E-state index contributed by atoms with van der Waals surface area (Å²) in [5.74, 6) is 0.00626. The van der Waals surface area contributed by atoms with E-state index in [2.05, 4.69) is 10.3 Å². The number of amides is 2. The number of carbonyl (C=O) groups excluding carboxylic acids is 2. The van der Waals surface area contributed by atoms with Crippen LogP contribution in [-0.4, -0.2) is 34.8 Å². The van der Waals surface area contributed by atoms with Crippen LogP contribution in [0.4, 0.5) is 4.39 Å². The van der Waals surface area contributed by atoms with Gasteiger partial charge >= 0.3 is 0 Å². The molecule has 2 heterocycles. The van der Waals surface area contributed by atoms with Crippen LogP contribution in [0.15, 0.2) is 67.0 Å². The fraction of sp³-hybridized carbons (Fsp3) is 0.321. The van der Waals surface area contributed by atoms with Gasteiger partial charge in [0.25, 0.3) is 5.91 Å². The van der Waals surface area contributed by atoms with Crippen LogP contribution in [0, 0.1) is 11.2 Å². The SMILES string of the molecule is CC(C)(C)C(=O)N1CCc2ccc(OCC(=O)NCc3ccncc3)cc2C1c1ccc(F)cc1. The van der Waals surface area contributed by atoms with Gasteiger partial charge in [-0.25, -0.2) is 4.39 Å². The van der Waals surface area contributed by atoms with E-state index in [1.165, 1.54) is 12.1 Å². The molecule has 1 atom stereocenters. The Bertz CT molecular complexity index is 1190. The molecule has 1 aliphatic heterocycles. The van der Waals surface area contributed by atoms with Crippen molar-refractivity contribution in [1.29, 1.82) is 0 Å². The quantitative estimate of drug-likeness (QED) is 0.572. The lowest BCUT2D eigenvalue weighted by molar-refractivity contribution is -0.141. The van der Waals surface area contributed by atoms with Crippen molar-refractivity contribution in [2.24, 2.45) is 5.41 Å². The molecule has 2 amide bonds. The number of aromatic nitrogens is 1. The first-order valence-corrected chi connectivity index (χ1v) is 11.7. The van der Waals surface area contributed by atoms with Crippen molar-refractivity contribution in [3.63, 3.8) is 0 Å². The largest absolute Gasteiger partial charge is 0.484 e. The highest BCUT2D eigenvalue weighted by Gasteiger charge is 2.37. The van der Waals surface area contributed by atoms with Crippen LogP contribution in [0.25, 0.3) is 0 Å². The van der Waals surface area contributed by atoms with Gasteiger partial charge in [-0.3, -0.25) is 14.6 Å². The molecule has 7 heteroatoms. The Morgan fingerprint density at radius 2 is 1.80 bits per heavy atom. The Kier molecular flexibility index (Phi) is 7.15. The van der Waals surface area contributed by atoms with E-state index in [9.17, 15) is 14.0 Å². The van der Waals surface area contributed by atoms with Crippen molar-refractivity contribution >= 4 is 11.8 Å². The third-order valence-electron chi connectivity index (χ3n) is 6.04. The van der Waals surface area contributed by atoms with Crippen LogP contribution in [0.1, 0.15) is 49.1 Å². The first-order chi connectivity index (χ1) is 16.7. The van der Waals surface area contributed by atoms with Crippen LogP contribution in [0.3, 0.4) is 0 Å². The number of pyridine rings is 1. The van der Waals surface area contributed by atoms with Gasteiger partial charge in [0.2, 0.25) is 5.91 Å². The monoisotopic (exact) mass is 475 g/mol. The summed E-state index contributed by atoms with van der Waals surface area (Å²) < 4.78 is 19.5. The molecule has 182 valence electrons. The lowest BCUT2D eigenvalue weighted by Gasteiger charge is -2.41. The molecule has 0 radical (unpaired) electrons. The van der Waals surface area contributed by atoms with Crippen molar-refractivity contribution in [2.75, 3.05) is 13.2 Å². The fourth-order valence-corrected chi connectivity index (χ4v) is 4.24. The number of benzene rings is 2. The van der Waals surface area contributed by atoms with Gasteiger partial charge < -0.3 is 15.0 Å². The zero-order valence-corrected chi connectivity index (χ0v) is 20.3. The highest BCUT2D eigenvalue weighted by Crippen LogP contribution is 2.39. The Hall–Kier alpha value is -3.74. The van der Waals surface area contributed by atoms with E-state index >= 15 is 0 Å². The highest BCUT2D eigenvalue weighted by atomic mass is 19.1. The van der Waals surface area contributed by atoms with E-state index < -0.39 is 5.41 Å². The van der Waals surface area contributed by atoms with E-state index in [-0.39, 0.29) is 30.3 Å². The second kappa shape index (κ2) is 10.3. The number of rotatable bonds is 6. The Morgan fingerprint density at radius 3 is 2.49 bits per heavy atom. The smallest absolute Gasteiger partial charge is 0.258 e. The molecule has 0 saturated carbocycles. The molecule has 6 nitrogen and oxygen atoms in total. The molecular weight excluding hydrogens is 445 g/mol. The van der Waals surface area contributed by atoms with Crippen LogP contribution in [0.5, 0.6) is 5.75 Å². The molecule has 1 unspecified atom stereocenters. The number of hydrogen-bond acceptors (Lipinski definition) is 4. The average molecular weight is 476 g/mol. The fourth-order valence-electron chi connectivity index (χ4n) is 4.24. The summed E-state index contributed by atoms with van der Waals surface area (Å²) in [6, 6.07) is 15.3. The predicted octanol–water partition coefficient (Wildman–Crippen LogP) is 4.44. The number of halogens is 1. The maximum atomic E-state index is 13.7. The molecular formula is C28H30FN3O3. The summed E-state index contributed by atoms with van der Waals surface area (Å²) in [6.07, 6.45) is 4.06. The van der Waals surface area contributed by atoms with Gasteiger partial charge in [-0.1, -0.05) is 39.0 Å². The normalized spacial score (nSPS) is 15.3. The van der Waals surface area contributed by atoms with E-state index in [0.29, 0.717) is 25.3 Å². The number of hydrogen-bond donors (Lipinski definition) is 1. The highest BCUT2D eigenvalue weighted by molar-refractivity contribution is 5.83. The number of carbonyl (C=O) groups is 2. The van der Waals surface area contributed by atoms with Gasteiger partial charge in [0.1, 0.15) is 11.6 Å². The van der Waals surface area contributed by atoms with E-state index in [4.69, 9.17) is 4.74 Å². The van der Waals surface area contributed by atoms with Crippen molar-refractivity contribution in [2.45, 2.75) is 39.8 Å². The lowest BCUT2D eigenvalue weighted by atomic mass is 9.85. The van der Waals surface area contributed by atoms with Crippen molar-refractivity contribution in [1.82, 2.24) is 15.2 Å². The van der Waals surface area contributed by atoms with Gasteiger partial charge in [0.05, 0.1) is 6.04 Å².